The highest BCUT2D eigenvalue weighted by Crippen LogP contribution is 2.47. The van der Waals surface area contributed by atoms with E-state index in [-0.39, 0.29) is 5.91 Å². The van der Waals surface area contributed by atoms with Crippen LogP contribution in [0.15, 0.2) is 30.3 Å². The summed E-state index contributed by atoms with van der Waals surface area (Å²) < 4.78 is 0. The fourth-order valence-electron chi connectivity index (χ4n) is 3.66. The summed E-state index contributed by atoms with van der Waals surface area (Å²) in [5, 5.41) is 6.61. The lowest BCUT2D eigenvalue weighted by molar-refractivity contribution is -0.123. The highest BCUT2D eigenvalue weighted by atomic mass is 16.1. The molecule has 2 fully saturated rings. The van der Waals surface area contributed by atoms with Crippen LogP contribution in [0.4, 0.5) is 0 Å². The summed E-state index contributed by atoms with van der Waals surface area (Å²) in [5.41, 5.74) is 1.79. The molecule has 1 saturated carbocycles. The minimum Gasteiger partial charge on any atom is -0.353 e. The van der Waals surface area contributed by atoms with Crippen LogP contribution in [-0.4, -0.2) is 25.0 Å². The number of piperidine rings is 1. The van der Waals surface area contributed by atoms with Crippen molar-refractivity contribution in [3.8, 4) is 0 Å². The molecule has 108 valence electrons. The quantitative estimate of drug-likeness (QED) is 0.883. The average molecular weight is 272 g/mol. The number of hydrogen-bond acceptors (Lipinski definition) is 2. The van der Waals surface area contributed by atoms with E-state index in [1.807, 2.05) is 18.2 Å². The molecule has 0 unspecified atom stereocenters. The van der Waals surface area contributed by atoms with Gasteiger partial charge in [0.2, 0.25) is 5.91 Å². The van der Waals surface area contributed by atoms with Gasteiger partial charge in [0.1, 0.15) is 0 Å². The molecule has 1 amide bonds. The summed E-state index contributed by atoms with van der Waals surface area (Å²) in [4.78, 5) is 12.0. The first-order chi connectivity index (χ1) is 9.76. The van der Waals surface area contributed by atoms with Gasteiger partial charge in [0.25, 0.3) is 0 Å². The Hall–Kier alpha value is -1.35. The van der Waals surface area contributed by atoms with E-state index in [1.165, 1.54) is 31.2 Å². The molecule has 1 aromatic rings. The van der Waals surface area contributed by atoms with Gasteiger partial charge in [-0.15, -0.1) is 0 Å². The van der Waals surface area contributed by atoms with Crippen molar-refractivity contribution in [3.05, 3.63) is 35.9 Å². The molecule has 2 N–H and O–H groups in total. The zero-order valence-electron chi connectivity index (χ0n) is 12.0. The van der Waals surface area contributed by atoms with Crippen LogP contribution in [0.5, 0.6) is 0 Å². The fraction of sp³-hybridized carbons (Fsp3) is 0.588. The molecule has 3 nitrogen and oxygen atoms in total. The molecule has 0 radical (unpaired) electrons. The highest BCUT2D eigenvalue weighted by molar-refractivity contribution is 5.76. The van der Waals surface area contributed by atoms with E-state index in [4.69, 9.17) is 0 Å². The van der Waals surface area contributed by atoms with Crippen molar-refractivity contribution in [2.24, 2.45) is 5.41 Å². The van der Waals surface area contributed by atoms with Gasteiger partial charge in [0.05, 0.1) is 0 Å². The Balaban J connectivity index is 1.38. The normalized spacial score (nSPS) is 21.4. The summed E-state index contributed by atoms with van der Waals surface area (Å²) in [6.45, 7) is 2.29. The van der Waals surface area contributed by atoms with Crippen LogP contribution in [0.1, 0.15) is 37.7 Å². The zero-order valence-corrected chi connectivity index (χ0v) is 12.0. The standard InChI is InChI=1S/C17H24N2O/c20-16(7-6-14-4-2-1-3-5-14)19-15-12-17(13-15)8-10-18-11-9-17/h1-5,15,18H,6-13H2,(H,19,20). The maximum Gasteiger partial charge on any atom is 0.220 e. The van der Waals surface area contributed by atoms with Crippen molar-refractivity contribution < 1.29 is 4.79 Å². The zero-order chi connectivity index (χ0) is 13.8. The second-order valence-electron chi connectivity index (χ2n) is 6.41. The third kappa shape index (κ3) is 3.21. The van der Waals surface area contributed by atoms with Crippen molar-refractivity contribution in [1.29, 1.82) is 0 Å². The van der Waals surface area contributed by atoms with E-state index in [9.17, 15) is 4.79 Å². The Morgan fingerprint density at radius 2 is 1.90 bits per heavy atom. The number of hydrogen-bond donors (Lipinski definition) is 2. The second-order valence-corrected chi connectivity index (χ2v) is 6.41. The first-order valence-electron chi connectivity index (χ1n) is 7.80. The number of amides is 1. The minimum atomic E-state index is 0.211. The fourth-order valence-corrected chi connectivity index (χ4v) is 3.66. The topological polar surface area (TPSA) is 41.1 Å². The lowest BCUT2D eigenvalue weighted by atomic mass is 9.60. The summed E-state index contributed by atoms with van der Waals surface area (Å²) in [6.07, 6.45) is 6.38. The molecule has 1 saturated heterocycles. The number of rotatable bonds is 4. The average Bonchev–Trinajstić information content (AvgIpc) is 2.46. The van der Waals surface area contributed by atoms with Crippen molar-refractivity contribution in [1.82, 2.24) is 10.6 Å². The second kappa shape index (κ2) is 5.96. The van der Waals surface area contributed by atoms with Crippen molar-refractivity contribution >= 4 is 5.91 Å². The number of carbonyl (C=O) groups is 1. The Kier molecular flexibility index (Phi) is 4.06. The van der Waals surface area contributed by atoms with Crippen LogP contribution in [0.2, 0.25) is 0 Å². The Morgan fingerprint density at radius 1 is 1.20 bits per heavy atom. The molecule has 0 atom stereocenters. The summed E-state index contributed by atoms with van der Waals surface area (Å²) in [6, 6.07) is 10.7. The van der Waals surface area contributed by atoms with E-state index in [0.717, 1.165) is 19.5 Å². The minimum absolute atomic E-state index is 0.211. The summed E-state index contributed by atoms with van der Waals surface area (Å²) in [5.74, 6) is 0.211. The SMILES string of the molecule is O=C(CCc1ccccc1)NC1CC2(CCNCC2)C1. The number of benzene rings is 1. The first-order valence-corrected chi connectivity index (χ1v) is 7.80. The van der Waals surface area contributed by atoms with Gasteiger partial charge in [-0.1, -0.05) is 30.3 Å². The number of nitrogens with one attached hydrogen (secondary N) is 2. The lowest BCUT2D eigenvalue weighted by Gasteiger charge is -2.50. The predicted molar refractivity (Wildman–Crippen MR) is 80.5 cm³/mol. The van der Waals surface area contributed by atoms with Gasteiger partial charge >= 0.3 is 0 Å². The van der Waals surface area contributed by atoms with Crippen molar-refractivity contribution in [3.63, 3.8) is 0 Å². The first kappa shape index (κ1) is 13.6. The molecule has 1 aliphatic heterocycles. The molecule has 3 rings (SSSR count). The van der Waals surface area contributed by atoms with Gasteiger partial charge in [-0.3, -0.25) is 4.79 Å². The van der Waals surface area contributed by atoms with Crippen LogP contribution < -0.4 is 10.6 Å². The Morgan fingerprint density at radius 3 is 2.60 bits per heavy atom. The van der Waals surface area contributed by atoms with Crippen LogP contribution in [0, 0.1) is 5.41 Å². The van der Waals surface area contributed by atoms with Gasteiger partial charge in [0, 0.05) is 12.5 Å². The molecule has 1 spiro atoms. The van der Waals surface area contributed by atoms with Gasteiger partial charge in [0.15, 0.2) is 0 Å². The van der Waals surface area contributed by atoms with Gasteiger partial charge in [-0.2, -0.15) is 0 Å². The molecule has 0 aromatic heterocycles. The maximum atomic E-state index is 12.0. The van der Waals surface area contributed by atoms with E-state index in [0.29, 0.717) is 17.9 Å². The van der Waals surface area contributed by atoms with Crippen molar-refractivity contribution in [2.75, 3.05) is 13.1 Å². The largest absolute Gasteiger partial charge is 0.353 e. The molecular weight excluding hydrogens is 248 g/mol. The summed E-state index contributed by atoms with van der Waals surface area (Å²) in [7, 11) is 0. The molecule has 0 bridgehead atoms. The van der Waals surface area contributed by atoms with Crippen LogP contribution in [0.3, 0.4) is 0 Å². The number of carbonyl (C=O) groups excluding carboxylic acids is 1. The van der Waals surface area contributed by atoms with Gasteiger partial charge in [-0.05, 0) is 56.2 Å². The third-order valence-corrected chi connectivity index (χ3v) is 4.87. The molecule has 20 heavy (non-hydrogen) atoms. The van der Waals surface area contributed by atoms with Crippen LogP contribution in [-0.2, 0) is 11.2 Å². The van der Waals surface area contributed by atoms with Gasteiger partial charge < -0.3 is 10.6 Å². The Bertz CT molecular complexity index is 443. The monoisotopic (exact) mass is 272 g/mol. The molecule has 1 aliphatic carbocycles. The van der Waals surface area contributed by atoms with E-state index >= 15 is 0 Å². The summed E-state index contributed by atoms with van der Waals surface area (Å²) >= 11 is 0. The van der Waals surface area contributed by atoms with E-state index in [1.54, 1.807) is 0 Å². The third-order valence-electron chi connectivity index (χ3n) is 4.87. The van der Waals surface area contributed by atoms with E-state index in [2.05, 4.69) is 22.8 Å². The molecule has 2 aliphatic rings. The maximum absolute atomic E-state index is 12.0. The molecule has 1 aromatic carbocycles. The van der Waals surface area contributed by atoms with Crippen LogP contribution >= 0.6 is 0 Å². The molecule has 3 heteroatoms. The van der Waals surface area contributed by atoms with Crippen molar-refractivity contribution in [2.45, 2.75) is 44.6 Å². The van der Waals surface area contributed by atoms with Crippen LogP contribution in [0.25, 0.3) is 0 Å². The van der Waals surface area contributed by atoms with E-state index < -0.39 is 0 Å². The molecular formula is C17H24N2O. The molecule has 1 heterocycles. The highest BCUT2D eigenvalue weighted by Gasteiger charge is 2.44. The smallest absolute Gasteiger partial charge is 0.220 e. The van der Waals surface area contributed by atoms with Gasteiger partial charge in [-0.25, -0.2) is 0 Å². The Labute approximate surface area is 121 Å². The number of aryl methyl sites for hydroxylation is 1. The lowest BCUT2D eigenvalue weighted by Crippen LogP contribution is -2.54. The predicted octanol–water partition coefficient (Wildman–Crippen LogP) is 2.27.